The Morgan fingerprint density at radius 1 is 1.38 bits per heavy atom. The zero-order chi connectivity index (χ0) is 9.84. The van der Waals surface area contributed by atoms with Gasteiger partial charge in [-0.3, -0.25) is 14.7 Å². The molecule has 0 aromatic rings. The summed E-state index contributed by atoms with van der Waals surface area (Å²) in [5, 5.41) is 0. The molecule has 1 atom stereocenters. The molecule has 0 spiro atoms. The maximum absolute atomic E-state index is 5.18. The van der Waals surface area contributed by atoms with Gasteiger partial charge >= 0.3 is 0 Å². The Kier molecular flexibility index (Phi) is 4.12. The van der Waals surface area contributed by atoms with Gasteiger partial charge in [-0.05, 0) is 27.6 Å². The first kappa shape index (κ1) is 10.9. The maximum Gasteiger partial charge on any atom is 0.120 e. The van der Waals surface area contributed by atoms with E-state index in [0.29, 0.717) is 13.0 Å². The number of rotatable bonds is 3. The van der Waals surface area contributed by atoms with Crippen molar-refractivity contribution in [2.75, 3.05) is 48.1 Å². The van der Waals surface area contributed by atoms with Crippen molar-refractivity contribution in [1.29, 1.82) is 0 Å². The molecular weight excluding hydrogens is 166 g/mol. The third-order valence-electron chi connectivity index (χ3n) is 2.43. The van der Waals surface area contributed by atoms with E-state index in [9.17, 15) is 0 Å². The number of hydrogen-bond acceptors (Lipinski definition) is 4. The third-order valence-corrected chi connectivity index (χ3v) is 2.43. The second-order valence-electron chi connectivity index (χ2n) is 3.87. The van der Waals surface area contributed by atoms with Gasteiger partial charge in [0.05, 0.1) is 0 Å². The second-order valence-corrected chi connectivity index (χ2v) is 3.87. The molecule has 0 saturated carbocycles. The fourth-order valence-corrected chi connectivity index (χ4v) is 2.05. The van der Waals surface area contributed by atoms with Gasteiger partial charge in [0.15, 0.2) is 0 Å². The van der Waals surface area contributed by atoms with Gasteiger partial charge in [0.25, 0.3) is 0 Å². The molecule has 0 N–H and O–H groups in total. The van der Waals surface area contributed by atoms with Crippen LogP contribution in [-0.4, -0.2) is 69.1 Å². The molecule has 0 aromatic carbocycles. The Hall–Kier alpha value is -0.160. The quantitative estimate of drug-likeness (QED) is 0.622. The monoisotopic (exact) mass is 187 g/mol. The van der Waals surface area contributed by atoms with Crippen LogP contribution in [0.15, 0.2) is 0 Å². The fraction of sp³-hybridized carbons (Fsp3) is 1.00. The van der Waals surface area contributed by atoms with Gasteiger partial charge < -0.3 is 4.74 Å². The zero-order valence-electron chi connectivity index (χ0n) is 9.16. The van der Waals surface area contributed by atoms with Gasteiger partial charge in [-0.2, -0.15) is 0 Å². The number of methoxy groups -OCH3 is 1. The highest BCUT2D eigenvalue weighted by Gasteiger charge is 2.27. The lowest BCUT2D eigenvalue weighted by Crippen LogP contribution is -2.59. The highest BCUT2D eigenvalue weighted by atomic mass is 16.5. The van der Waals surface area contributed by atoms with Crippen molar-refractivity contribution in [2.24, 2.45) is 0 Å². The maximum atomic E-state index is 5.18. The summed E-state index contributed by atoms with van der Waals surface area (Å²) >= 11 is 0. The number of hydrogen-bond donors (Lipinski definition) is 0. The van der Waals surface area contributed by atoms with Gasteiger partial charge in [0, 0.05) is 20.2 Å². The van der Waals surface area contributed by atoms with Crippen molar-refractivity contribution in [3.8, 4) is 0 Å². The minimum atomic E-state index is 0.383. The lowest BCUT2D eigenvalue weighted by molar-refractivity contribution is -0.106. The second kappa shape index (κ2) is 4.91. The predicted octanol–water partition coefficient (Wildman–Crippen LogP) is 0.0730. The largest absolute Gasteiger partial charge is 0.369 e. The van der Waals surface area contributed by atoms with E-state index in [4.69, 9.17) is 4.74 Å². The molecule has 1 aliphatic rings. The predicted molar refractivity (Wildman–Crippen MR) is 53.3 cm³/mol. The van der Waals surface area contributed by atoms with Crippen LogP contribution in [0.2, 0.25) is 0 Å². The van der Waals surface area contributed by atoms with Crippen LogP contribution in [0.4, 0.5) is 0 Å². The third kappa shape index (κ3) is 2.64. The van der Waals surface area contributed by atoms with E-state index < -0.39 is 0 Å². The van der Waals surface area contributed by atoms with Crippen molar-refractivity contribution in [1.82, 2.24) is 14.7 Å². The molecule has 1 heterocycles. The SMILES string of the molecule is COCN1CCCN(C)C1N(C)C. The molecule has 4 nitrogen and oxygen atoms in total. The van der Waals surface area contributed by atoms with Crippen molar-refractivity contribution in [2.45, 2.75) is 12.7 Å². The summed E-state index contributed by atoms with van der Waals surface area (Å²) in [6.45, 7) is 3.01. The van der Waals surface area contributed by atoms with Gasteiger partial charge in [-0.15, -0.1) is 0 Å². The summed E-state index contributed by atoms with van der Waals surface area (Å²) in [6, 6.07) is 0. The minimum absolute atomic E-state index is 0.383. The molecule has 13 heavy (non-hydrogen) atoms. The highest BCUT2D eigenvalue weighted by molar-refractivity contribution is 4.73. The molecule has 0 amide bonds. The Morgan fingerprint density at radius 3 is 2.62 bits per heavy atom. The summed E-state index contributed by atoms with van der Waals surface area (Å²) in [7, 11) is 8.12. The van der Waals surface area contributed by atoms with Gasteiger partial charge in [0.2, 0.25) is 0 Å². The first-order chi connectivity index (χ1) is 6.16. The van der Waals surface area contributed by atoms with Crippen molar-refractivity contribution < 1.29 is 4.74 Å². The fourth-order valence-electron chi connectivity index (χ4n) is 2.05. The van der Waals surface area contributed by atoms with Crippen molar-refractivity contribution >= 4 is 0 Å². The highest BCUT2D eigenvalue weighted by Crippen LogP contribution is 2.13. The number of ether oxygens (including phenoxy) is 1. The average Bonchev–Trinajstić information content (AvgIpc) is 2.04. The van der Waals surface area contributed by atoms with Crippen molar-refractivity contribution in [3.05, 3.63) is 0 Å². The molecule has 1 fully saturated rings. The first-order valence-electron chi connectivity index (χ1n) is 4.76. The summed E-state index contributed by atoms with van der Waals surface area (Å²) in [6.07, 6.45) is 1.61. The lowest BCUT2D eigenvalue weighted by atomic mass is 10.3. The number of nitrogens with zero attached hydrogens (tertiary/aromatic N) is 3. The van der Waals surface area contributed by atoms with Crippen LogP contribution >= 0.6 is 0 Å². The molecule has 1 unspecified atom stereocenters. The molecule has 1 saturated heterocycles. The van der Waals surface area contributed by atoms with Crippen LogP contribution in [0.25, 0.3) is 0 Å². The van der Waals surface area contributed by atoms with Gasteiger partial charge in [0.1, 0.15) is 13.0 Å². The smallest absolute Gasteiger partial charge is 0.120 e. The zero-order valence-corrected chi connectivity index (χ0v) is 9.16. The molecule has 4 heteroatoms. The van der Waals surface area contributed by atoms with Crippen LogP contribution < -0.4 is 0 Å². The molecule has 78 valence electrons. The van der Waals surface area contributed by atoms with E-state index in [1.54, 1.807) is 7.11 Å². The molecular formula is C9H21N3O. The van der Waals surface area contributed by atoms with Crippen LogP contribution in [0.1, 0.15) is 6.42 Å². The normalized spacial score (nSPS) is 27.0. The van der Waals surface area contributed by atoms with E-state index in [1.807, 2.05) is 0 Å². The molecule has 0 radical (unpaired) electrons. The summed E-state index contributed by atoms with van der Waals surface area (Å²) in [4.78, 5) is 6.91. The molecule has 1 rings (SSSR count). The molecule has 0 aliphatic carbocycles. The Balaban J connectivity index is 2.57. The van der Waals surface area contributed by atoms with Crippen LogP contribution in [0, 0.1) is 0 Å². The van der Waals surface area contributed by atoms with Crippen LogP contribution in [0.3, 0.4) is 0 Å². The standard InChI is InChI=1S/C9H21N3O/c1-10(2)9-11(3)6-5-7-12(9)8-13-4/h9H,5-8H2,1-4H3. The molecule has 0 aromatic heterocycles. The van der Waals surface area contributed by atoms with E-state index in [2.05, 4.69) is 35.8 Å². The lowest BCUT2D eigenvalue weighted by Gasteiger charge is -2.44. The topological polar surface area (TPSA) is 19.0 Å². The Bertz CT molecular complexity index is 150. The molecule has 0 bridgehead atoms. The van der Waals surface area contributed by atoms with E-state index >= 15 is 0 Å². The van der Waals surface area contributed by atoms with E-state index in [0.717, 1.165) is 6.54 Å². The Morgan fingerprint density at radius 2 is 2.08 bits per heavy atom. The van der Waals surface area contributed by atoms with Crippen molar-refractivity contribution in [3.63, 3.8) is 0 Å². The van der Waals surface area contributed by atoms with Crippen LogP contribution in [0.5, 0.6) is 0 Å². The minimum Gasteiger partial charge on any atom is -0.369 e. The summed E-state index contributed by atoms with van der Waals surface area (Å²) < 4.78 is 5.18. The van der Waals surface area contributed by atoms with Crippen LogP contribution in [-0.2, 0) is 4.74 Å². The first-order valence-corrected chi connectivity index (χ1v) is 4.76. The summed E-state index contributed by atoms with van der Waals surface area (Å²) in [5.41, 5.74) is 0. The van der Waals surface area contributed by atoms with Gasteiger partial charge in [-0.25, -0.2) is 0 Å². The van der Waals surface area contributed by atoms with E-state index in [1.165, 1.54) is 13.0 Å². The Labute approximate surface area is 81.0 Å². The summed E-state index contributed by atoms with van der Waals surface area (Å²) in [5.74, 6) is 0. The molecule has 1 aliphatic heterocycles. The van der Waals surface area contributed by atoms with Gasteiger partial charge in [-0.1, -0.05) is 0 Å². The average molecular weight is 187 g/mol. The van der Waals surface area contributed by atoms with E-state index in [-0.39, 0.29) is 0 Å².